The number of carbonyl (C=O) groups excluding carboxylic acids is 2. The van der Waals surface area contributed by atoms with Gasteiger partial charge in [0.2, 0.25) is 0 Å². The highest BCUT2D eigenvalue weighted by Crippen LogP contribution is 2.36. The third-order valence-electron chi connectivity index (χ3n) is 12.1. The van der Waals surface area contributed by atoms with Gasteiger partial charge in [-0.2, -0.15) is 0 Å². The van der Waals surface area contributed by atoms with Crippen LogP contribution in [0, 0.1) is 35.3 Å². The summed E-state index contributed by atoms with van der Waals surface area (Å²) in [6.45, 7) is 3.96. The normalized spacial score (nSPS) is 20.3. The van der Waals surface area contributed by atoms with Crippen molar-refractivity contribution in [3.8, 4) is 0 Å². The van der Waals surface area contributed by atoms with Crippen molar-refractivity contribution in [1.29, 1.82) is 0 Å². The molecule has 2 aromatic carbocycles. The van der Waals surface area contributed by atoms with Crippen molar-refractivity contribution < 1.29 is 35.2 Å². The lowest BCUT2D eigenvalue weighted by Gasteiger charge is -2.28. The first kappa shape index (κ1) is 49.9. The summed E-state index contributed by atoms with van der Waals surface area (Å²) in [7, 11) is -3.21. The number of carbonyl (C=O) groups is 2. The zero-order chi connectivity index (χ0) is 45.4. The number of Topliss-reactive ketones (excluding diaryl/α,β-unsaturated/α-hetero) is 2. The van der Waals surface area contributed by atoms with E-state index in [0.717, 1.165) is 36.8 Å². The molecule has 6 rings (SSSR count). The Morgan fingerprint density at radius 2 is 1.03 bits per heavy atom. The van der Waals surface area contributed by atoms with Crippen molar-refractivity contribution in [3.63, 3.8) is 0 Å². The summed E-state index contributed by atoms with van der Waals surface area (Å²) in [5.74, 6) is 0.769. The van der Waals surface area contributed by atoms with Crippen LogP contribution in [0.5, 0.6) is 0 Å². The van der Waals surface area contributed by atoms with Gasteiger partial charge in [-0.05, 0) is 154 Å². The maximum atomic E-state index is 13.1. The van der Waals surface area contributed by atoms with Crippen molar-refractivity contribution in [2.75, 3.05) is 30.5 Å². The Morgan fingerprint density at radius 1 is 0.661 bits per heavy atom. The number of hydrogen-bond donors (Lipinski definition) is 0. The highest BCUT2D eigenvalue weighted by atomic mass is 79.9. The molecule has 0 bridgehead atoms. The quantitative estimate of drug-likeness (QED) is 0.107. The van der Waals surface area contributed by atoms with E-state index in [2.05, 4.69) is 41.8 Å². The molecule has 2 heterocycles. The Kier molecular flexibility index (Phi) is 17.9. The molecule has 2 aromatic heterocycles. The maximum absolute atomic E-state index is 13.1. The molecule has 336 valence electrons. The van der Waals surface area contributed by atoms with Crippen molar-refractivity contribution in [2.24, 2.45) is 23.7 Å². The van der Waals surface area contributed by atoms with E-state index in [-0.39, 0.29) is 85.2 Å². The number of nitrogens with zero attached hydrogens (tertiary/aromatic N) is 3. The van der Waals surface area contributed by atoms with E-state index < -0.39 is 19.7 Å². The number of ketones is 2. The Labute approximate surface area is 386 Å². The molecule has 0 aliphatic heterocycles. The summed E-state index contributed by atoms with van der Waals surface area (Å²) in [5, 5.41) is 0.225. The standard InChI is InChI=1S/C24H30BrFN2O3S.C22H24BrClFNO3S/c1-16(18-8-10-20(26)11-9-18)12-23(29)19-6-4-17(5-7-19)15-32(30,31)21-13-22(25)24(27-14-21)28(2)3;1-14(16-6-8-18(25)9-7-16)10-21(27)17-4-2-15(3-5-17)13-30(28,29)19-11-20(23)22(24)26-12-19/h8-11,13-14,16-17,19H,4-7,12,15H2,1-3H3;6-9,11-12,14-15,17H,2-5,10,13H2,1H3/t16-,17?,19?;14-,15?,17?/m00/s1. The van der Waals surface area contributed by atoms with Gasteiger partial charge in [0.15, 0.2) is 19.7 Å². The molecule has 2 aliphatic rings. The predicted molar refractivity (Wildman–Crippen MR) is 247 cm³/mol. The SMILES string of the molecule is C[C@@H](CC(=O)C1CCC(CS(=O)(=O)c2cnc(Cl)c(Br)c2)CC1)c1ccc(F)cc1.C[C@@H](CC(=O)C1CCC(CS(=O)(=O)c2cnc(N(C)C)c(Br)c2)CC1)c1ccc(F)cc1. The number of pyridine rings is 2. The molecule has 2 aliphatic carbocycles. The van der Waals surface area contributed by atoms with Crippen molar-refractivity contribution >= 4 is 80.5 Å². The van der Waals surface area contributed by atoms with Gasteiger partial charge in [-0.25, -0.2) is 35.6 Å². The third-order valence-corrected chi connectivity index (χ3v) is 17.5. The fraction of sp³-hybridized carbons (Fsp3) is 0.478. The zero-order valence-corrected chi connectivity index (χ0v) is 40.9. The van der Waals surface area contributed by atoms with Crippen molar-refractivity contribution in [1.82, 2.24) is 9.97 Å². The van der Waals surface area contributed by atoms with Crippen LogP contribution in [0.25, 0.3) is 0 Å². The van der Waals surface area contributed by atoms with Gasteiger partial charge >= 0.3 is 0 Å². The number of hydrogen-bond acceptors (Lipinski definition) is 9. The topological polar surface area (TPSA) is 131 Å². The summed E-state index contributed by atoms with van der Waals surface area (Å²) in [6, 6.07) is 15.7. The van der Waals surface area contributed by atoms with Crippen LogP contribution in [-0.2, 0) is 29.3 Å². The monoisotopic (exact) mass is 1040 g/mol. The van der Waals surface area contributed by atoms with Crippen molar-refractivity contribution in [3.05, 3.63) is 110 Å². The lowest BCUT2D eigenvalue weighted by molar-refractivity contribution is -0.125. The van der Waals surface area contributed by atoms with Gasteiger partial charge in [0.05, 0.1) is 30.2 Å². The minimum atomic E-state index is -3.46. The van der Waals surface area contributed by atoms with Gasteiger partial charge in [0.25, 0.3) is 0 Å². The molecule has 2 atom stereocenters. The summed E-state index contributed by atoms with van der Waals surface area (Å²) >= 11 is 12.5. The molecule has 0 amide bonds. The largest absolute Gasteiger partial charge is 0.362 e. The van der Waals surface area contributed by atoms with Crippen LogP contribution in [0.4, 0.5) is 14.6 Å². The first-order valence-electron chi connectivity index (χ1n) is 20.9. The van der Waals surface area contributed by atoms with E-state index in [1.807, 2.05) is 32.8 Å². The van der Waals surface area contributed by atoms with Crippen LogP contribution < -0.4 is 4.90 Å². The van der Waals surface area contributed by atoms with E-state index in [1.54, 1.807) is 30.3 Å². The molecule has 0 radical (unpaired) electrons. The summed E-state index contributed by atoms with van der Waals surface area (Å²) in [5.41, 5.74) is 1.91. The second-order valence-electron chi connectivity index (χ2n) is 17.1. The average molecular weight is 1040 g/mol. The second-order valence-corrected chi connectivity index (χ2v) is 23.2. The smallest absolute Gasteiger partial charge is 0.180 e. The number of halogens is 5. The molecule has 0 unspecified atom stereocenters. The van der Waals surface area contributed by atoms with Gasteiger partial charge in [0.1, 0.15) is 34.2 Å². The molecule has 9 nitrogen and oxygen atoms in total. The first-order chi connectivity index (χ1) is 29.2. The lowest BCUT2D eigenvalue weighted by Crippen LogP contribution is -2.26. The molecule has 0 N–H and O–H groups in total. The molecule has 2 saturated carbocycles. The van der Waals surface area contributed by atoms with Crippen LogP contribution in [0.15, 0.2) is 91.8 Å². The number of aromatic nitrogens is 2. The Morgan fingerprint density at radius 3 is 1.39 bits per heavy atom. The van der Waals surface area contributed by atoms with Crippen molar-refractivity contribution in [2.45, 2.75) is 99.7 Å². The first-order valence-corrected chi connectivity index (χ1v) is 26.1. The van der Waals surface area contributed by atoms with E-state index >= 15 is 0 Å². The highest BCUT2D eigenvalue weighted by Gasteiger charge is 2.32. The molecular formula is C46H54Br2ClF2N3O6S2. The molecule has 0 spiro atoms. The Hall–Kier alpha value is -3.11. The molecule has 4 aromatic rings. The fourth-order valence-electron chi connectivity index (χ4n) is 8.36. The van der Waals surface area contributed by atoms with Crippen LogP contribution >= 0.6 is 43.5 Å². The summed E-state index contributed by atoms with van der Waals surface area (Å²) < 4.78 is 78.5. The number of sulfone groups is 2. The van der Waals surface area contributed by atoms with E-state index in [0.29, 0.717) is 53.3 Å². The third kappa shape index (κ3) is 13.9. The van der Waals surface area contributed by atoms with Gasteiger partial charge < -0.3 is 4.90 Å². The predicted octanol–water partition coefficient (Wildman–Crippen LogP) is 11.4. The van der Waals surface area contributed by atoms with Gasteiger partial charge in [-0.15, -0.1) is 0 Å². The molecule has 2 fully saturated rings. The van der Waals surface area contributed by atoms with Gasteiger partial charge in [0, 0.05) is 51.2 Å². The van der Waals surface area contributed by atoms with Crippen LogP contribution in [0.1, 0.15) is 101 Å². The van der Waals surface area contributed by atoms with Gasteiger partial charge in [-0.1, -0.05) is 49.7 Å². The molecule has 62 heavy (non-hydrogen) atoms. The summed E-state index contributed by atoms with van der Waals surface area (Å²) in [6.07, 6.45) is 9.28. The Balaban J connectivity index is 0.000000235. The molecular weight excluding hydrogens is 988 g/mol. The lowest BCUT2D eigenvalue weighted by atomic mass is 9.78. The number of anilines is 1. The fourth-order valence-corrected chi connectivity index (χ4v) is 13.1. The second kappa shape index (κ2) is 22.2. The number of rotatable bonds is 15. The van der Waals surface area contributed by atoms with E-state index in [1.165, 1.54) is 42.7 Å². The van der Waals surface area contributed by atoms with Gasteiger partial charge in [-0.3, -0.25) is 9.59 Å². The summed E-state index contributed by atoms with van der Waals surface area (Å²) in [4.78, 5) is 35.9. The minimum Gasteiger partial charge on any atom is -0.362 e. The van der Waals surface area contributed by atoms with E-state index in [4.69, 9.17) is 11.6 Å². The highest BCUT2D eigenvalue weighted by molar-refractivity contribution is 9.11. The maximum Gasteiger partial charge on any atom is 0.180 e. The van der Waals surface area contributed by atoms with Crippen LogP contribution in [0.3, 0.4) is 0 Å². The Bertz CT molecular complexity index is 2390. The minimum absolute atomic E-state index is 0.0213. The molecule has 0 saturated heterocycles. The average Bonchev–Trinajstić information content (AvgIpc) is 3.22. The van der Waals surface area contributed by atoms with Crippen LogP contribution in [0.2, 0.25) is 5.15 Å². The van der Waals surface area contributed by atoms with Crippen LogP contribution in [-0.4, -0.2) is 64.0 Å². The van der Waals surface area contributed by atoms with E-state index in [9.17, 15) is 35.2 Å². The number of benzene rings is 2. The molecule has 16 heteroatoms. The zero-order valence-electron chi connectivity index (χ0n) is 35.4.